The maximum Gasteiger partial charge on any atom is 0.329 e. The molecule has 9 nitrogen and oxygen atoms in total. The van der Waals surface area contributed by atoms with Gasteiger partial charge in [-0.05, 0) is 6.07 Å². The van der Waals surface area contributed by atoms with Crippen LogP contribution in [0.15, 0.2) is 29.3 Å². The van der Waals surface area contributed by atoms with Crippen LogP contribution >= 0.6 is 0 Å². The van der Waals surface area contributed by atoms with Crippen molar-refractivity contribution in [1.82, 2.24) is 9.97 Å². The summed E-state index contributed by atoms with van der Waals surface area (Å²) in [4.78, 5) is 32.4. The zero-order valence-electron chi connectivity index (χ0n) is 12.6. The molecule has 23 heavy (non-hydrogen) atoms. The Morgan fingerprint density at radius 3 is 2.87 bits per heavy atom. The Kier molecular flexibility index (Phi) is 5.26. The van der Waals surface area contributed by atoms with E-state index in [9.17, 15) is 9.59 Å². The summed E-state index contributed by atoms with van der Waals surface area (Å²) in [6, 6.07) is 1.76. The van der Waals surface area contributed by atoms with Crippen LogP contribution in [-0.2, 0) is 16.1 Å². The smallest absolute Gasteiger partial charge is 0.329 e. The zero-order valence-corrected chi connectivity index (χ0v) is 12.6. The number of carbonyl (C=O) groups excluding carboxylic acids is 1. The zero-order chi connectivity index (χ0) is 16.8. The fraction of sp³-hybridized carbons (Fsp3) is 0.286. The second kappa shape index (κ2) is 7.36. The van der Waals surface area contributed by atoms with Gasteiger partial charge in [0.25, 0.3) is 5.91 Å². The Bertz CT molecular complexity index is 698. The summed E-state index contributed by atoms with van der Waals surface area (Å²) in [6.07, 6.45) is 4.27. The van der Waals surface area contributed by atoms with E-state index in [4.69, 9.17) is 14.3 Å². The van der Waals surface area contributed by atoms with E-state index in [2.05, 4.69) is 15.3 Å². The molecule has 2 heterocycles. The number of carboxylic acid groups (broad SMARTS) is 1. The van der Waals surface area contributed by atoms with Crippen molar-refractivity contribution in [2.24, 2.45) is 0 Å². The molecule has 0 saturated carbocycles. The number of hydrogen-bond donors (Lipinski definition) is 2. The summed E-state index contributed by atoms with van der Waals surface area (Å²) < 4.78 is 9.95. The van der Waals surface area contributed by atoms with Gasteiger partial charge in [0.2, 0.25) is 0 Å². The van der Waals surface area contributed by atoms with Crippen molar-refractivity contribution in [1.29, 1.82) is 0 Å². The third-order valence-corrected chi connectivity index (χ3v) is 2.81. The van der Waals surface area contributed by atoms with Crippen molar-refractivity contribution in [2.75, 3.05) is 30.9 Å². The number of nitrogens with zero attached hydrogens (tertiary/aromatic N) is 3. The average molecular weight is 320 g/mol. The Hall–Kier alpha value is -2.94. The number of ether oxygens (including phenoxy) is 1. The maximum absolute atomic E-state index is 12.2. The molecule has 0 radical (unpaired) electrons. The van der Waals surface area contributed by atoms with Crippen LogP contribution in [0.2, 0.25) is 0 Å². The Balaban J connectivity index is 2.05. The highest BCUT2D eigenvalue weighted by molar-refractivity contribution is 6.03. The molecular formula is C14H16N4O5. The Morgan fingerprint density at radius 2 is 2.17 bits per heavy atom. The third-order valence-electron chi connectivity index (χ3n) is 2.81. The number of hydrogen-bond acceptors (Lipinski definition) is 7. The number of rotatable bonds is 7. The third kappa shape index (κ3) is 4.51. The molecule has 2 N–H and O–H groups in total. The van der Waals surface area contributed by atoms with Gasteiger partial charge in [0.05, 0.1) is 23.8 Å². The van der Waals surface area contributed by atoms with Crippen molar-refractivity contribution in [3.63, 3.8) is 0 Å². The topological polar surface area (TPSA) is 118 Å². The van der Waals surface area contributed by atoms with Crippen LogP contribution in [0.25, 0.3) is 0 Å². The molecule has 1 amide bonds. The van der Waals surface area contributed by atoms with Crippen LogP contribution in [0, 0.1) is 0 Å². The summed E-state index contributed by atoms with van der Waals surface area (Å²) in [6.45, 7) is -0.651. The fourth-order valence-electron chi connectivity index (χ4n) is 1.72. The van der Waals surface area contributed by atoms with Crippen LogP contribution in [0.5, 0.6) is 0 Å². The summed E-state index contributed by atoms with van der Waals surface area (Å²) in [5.41, 5.74) is 1.36. The van der Waals surface area contributed by atoms with Gasteiger partial charge < -0.3 is 24.5 Å². The predicted octanol–water partition coefficient (Wildman–Crippen LogP) is 0.989. The minimum Gasteiger partial charge on any atom is -0.480 e. The van der Waals surface area contributed by atoms with E-state index in [1.54, 1.807) is 12.3 Å². The predicted molar refractivity (Wildman–Crippen MR) is 80.3 cm³/mol. The molecule has 0 saturated heterocycles. The minimum atomic E-state index is -1.11. The number of carbonyl (C=O) groups is 2. The molecule has 9 heteroatoms. The number of anilines is 2. The van der Waals surface area contributed by atoms with E-state index < -0.39 is 18.5 Å². The van der Waals surface area contributed by atoms with E-state index in [0.29, 0.717) is 5.69 Å². The van der Waals surface area contributed by atoms with Crippen molar-refractivity contribution < 1.29 is 23.8 Å². The first-order valence-electron chi connectivity index (χ1n) is 6.63. The normalized spacial score (nSPS) is 10.3. The fourth-order valence-corrected chi connectivity index (χ4v) is 1.72. The highest BCUT2D eigenvalue weighted by Gasteiger charge is 2.17. The lowest BCUT2D eigenvalue weighted by molar-refractivity contribution is -0.142. The van der Waals surface area contributed by atoms with Crippen LogP contribution < -0.4 is 10.2 Å². The molecule has 0 aliphatic carbocycles. The average Bonchev–Trinajstić information content (AvgIpc) is 2.95. The van der Waals surface area contributed by atoms with E-state index in [-0.39, 0.29) is 18.1 Å². The van der Waals surface area contributed by atoms with E-state index in [1.807, 2.05) is 19.0 Å². The first-order valence-corrected chi connectivity index (χ1v) is 6.63. The molecule has 0 fully saturated rings. The Morgan fingerprint density at radius 1 is 1.39 bits per heavy atom. The van der Waals surface area contributed by atoms with Gasteiger partial charge in [-0.1, -0.05) is 0 Å². The molecule has 0 aromatic carbocycles. The molecule has 2 aromatic rings. The number of pyridine rings is 1. The van der Waals surface area contributed by atoms with Gasteiger partial charge >= 0.3 is 5.97 Å². The summed E-state index contributed by atoms with van der Waals surface area (Å²) in [5, 5.41) is 11.2. The minimum absolute atomic E-state index is 0.0330. The van der Waals surface area contributed by atoms with Crippen LogP contribution in [0.1, 0.15) is 16.2 Å². The summed E-state index contributed by atoms with van der Waals surface area (Å²) in [5.74, 6) is -1.45. The second-order valence-corrected chi connectivity index (χ2v) is 4.79. The van der Waals surface area contributed by atoms with Gasteiger partial charge in [-0.15, -0.1) is 0 Å². The van der Waals surface area contributed by atoms with E-state index >= 15 is 0 Å². The standard InChI is InChI=1S/C14H16N4O5/c1-18(2)10-3-9(4-15-5-10)17-14(21)13-11(23-8-16-13)6-22-7-12(19)20/h3-5,8H,6-7H2,1-2H3,(H,17,21)(H,19,20). The molecule has 0 spiro atoms. The monoisotopic (exact) mass is 320 g/mol. The van der Waals surface area contributed by atoms with E-state index in [0.717, 1.165) is 12.1 Å². The van der Waals surface area contributed by atoms with Gasteiger partial charge in [0, 0.05) is 14.1 Å². The number of amides is 1. The second-order valence-electron chi connectivity index (χ2n) is 4.79. The van der Waals surface area contributed by atoms with Gasteiger partial charge in [-0.2, -0.15) is 0 Å². The summed E-state index contributed by atoms with van der Waals surface area (Å²) >= 11 is 0. The molecule has 2 aromatic heterocycles. The first-order chi connectivity index (χ1) is 11.0. The van der Waals surface area contributed by atoms with Crippen LogP contribution in [-0.4, -0.2) is 47.7 Å². The number of nitrogens with one attached hydrogen (secondary N) is 1. The molecule has 0 aliphatic rings. The lowest BCUT2D eigenvalue weighted by Crippen LogP contribution is -2.16. The highest BCUT2D eigenvalue weighted by Crippen LogP contribution is 2.17. The van der Waals surface area contributed by atoms with Gasteiger partial charge in [0.15, 0.2) is 17.8 Å². The molecule has 122 valence electrons. The highest BCUT2D eigenvalue weighted by atomic mass is 16.5. The summed E-state index contributed by atoms with van der Waals surface area (Å²) in [7, 11) is 3.72. The maximum atomic E-state index is 12.2. The van der Waals surface area contributed by atoms with Gasteiger partial charge in [-0.25, -0.2) is 9.78 Å². The lowest BCUT2D eigenvalue weighted by Gasteiger charge is -2.13. The van der Waals surface area contributed by atoms with Gasteiger partial charge in [0.1, 0.15) is 13.2 Å². The quantitative estimate of drug-likeness (QED) is 0.775. The SMILES string of the molecule is CN(C)c1cncc(NC(=O)c2ncoc2COCC(=O)O)c1. The van der Waals surface area contributed by atoms with Gasteiger partial charge in [-0.3, -0.25) is 9.78 Å². The van der Waals surface area contributed by atoms with Crippen molar-refractivity contribution in [3.05, 3.63) is 36.3 Å². The number of aliphatic carboxylic acids is 1. The molecule has 0 unspecified atom stereocenters. The molecule has 2 rings (SSSR count). The molecular weight excluding hydrogens is 304 g/mol. The first kappa shape index (κ1) is 16.4. The lowest BCUT2D eigenvalue weighted by atomic mass is 10.3. The molecule has 0 atom stereocenters. The van der Waals surface area contributed by atoms with Crippen molar-refractivity contribution >= 4 is 23.3 Å². The number of oxazole rings is 1. The van der Waals surface area contributed by atoms with Crippen molar-refractivity contribution in [3.8, 4) is 0 Å². The van der Waals surface area contributed by atoms with Crippen LogP contribution in [0.4, 0.5) is 11.4 Å². The van der Waals surface area contributed by atoms with Crippen LogP contribution in [0.3, 0.4) is 0 Å². The van der Waals surface area contributed by atoms with Crippen molar-refractivity contribution in [2.45, 2.75) is 6.61 Å². The molecule has 0 aliphatic heterocycles. The molecule has 0 bridgehead atoms. The van der Waals surface area contributed by atoms with E-state index in [1.165, 1.54) is 6.20 Å². The largest absolute Gasteiger partial charge is 0.480 e. The number of aromatic nitrogens is 2. The number of carboxylic acids is 1. The Labute approximate surface area is 131 Å².